The lowest BCUT2D eigenvalue weighted by Crippen LogP contribution is -2.46. The average molecular weight is 408 g/mol. The zero-order valence-corrected chi connectivity index (χ0v) is 18.7. The number of fused-ring (bicyclic) bond motifs is 2. The highest BCUT2D eigenvalue weighted by Gasteiger charge is 2.42. The van der Waals surface area contributed by atoms with Gasteiger partial charge in [0.15, 0.2) is 0 Å². The minimum Gasteiger partial charge on any atom is -0.345 e. The number of hydrogen-bond donors (Lipinski definition) is 1. The molecule has 4 heteroatoms. The summed E-state index contributed by atoms with van der Waals surface area (Å²) in [6.45, 7) is 10.5. The van der Waals surface area contributed by atoms with Crippen LogP contribution in [0.3, 0.4) is 0 Å². The second-order valence-corrected chi connectivity index (χ2v) is 10.3. The number of carbonyl (C=O) groups excluding carboxylic acids is 1. The summed E-state index contributed by atoms with van der Waals surface area (Å²) in [4.78, 5) is 19.5. The van der Waals surface area contributed by atoms with Crippen LogP contribution in [0.4, 0.5) is 0 Å². The molecule has 162 valence electrons. The molecule has 1 fully saturated rings. The summed E-state index contributed by atoms with van der Waals surface area (Å²) < 4.78 is 0. The molecular weight excluding hydrogens is 370 g/mol. The standard InChI is InChI=1S/C26H35N3O.H2/c1-25(2,3)12-16-29-17-13-26(14-18-29)11-10-23(21-8-4-5-9-22(21)26)28-24(30)20-7-6-15-27-19-20;/h4-9,15,19,23H,10-14,16-18H2,1-3H3,(H,28,30);1H/t23-;/m0./s1. The number of amides is 1. The van der Waals surface area contributed by atoms with E-state index in [1.54, 1.807) is 12.4 Å². The second-order valence-electron chi connectivity index (χ2n) is 10.3. The van der Waals surface area contributed by atoms with Crippen LogP contribution >= 0.6 is 0 Å². The fourth-order valence-electron chi connectivity index (χ4n) is 5.10. The van der Waals surface area contributed by atoms with Gasteiger partial charge in [0.1, 0.15) is 0 Å². The minimum absolute atomic E-state index is 0. The Kier molecular flexibility index (Phi) is 5.97. The molecule has 0 radical (unpaired) electrons. The van der Waals surface area contributed by atoms with Gasteiger partial charge in [0.2, 0.25) is 0 Å². The molecule has 1 aliphatic carbocycles. The van der Waals surface area contributed by atoms with Crippen molar-refractivity contribution in [1.82, 2.24) is 15.2 Å². The predicted molar refractivity (Wildman–Crippen MR) is 124 cm³/mol. The van der Waals surface area contributed by atoms with Gasteiger partial charge in [-0.25, -0.2) is 0 Å². The minimum atomic E-state index is -0.0316. The van der Waals surface area contributed by atoms with Crippen molar-refractivity contribution in [3.05, 3.63) is 65.5 Å². The molecule has 1 amide bonds. The molecule has 4 rings (SSSR count). The first-order valence-corrected chi connectivity index (χ1v) is 11.4. The van der Waals surface area contributed by atoms with Gasteiger partial charge in [-0.2, -0.15) is 0 Å². The Hall–Kier alpha value is -2.20. The number of nitrogens with zero attached hydrogens (tertiary/aromatic N) is 2. The second kappa shape index (κ2) is 8.50. The van der Waals surface area contributed by atoms with Gasteiger partial charge in [-0.1, -0.05) is 45.0 Å². The largest absolute Gasteiger partial charge is 0.345 e. The highest BCUT2D eigenvalue weighted by Crippen LogP contribution is 2.48. The summed E-state index contributed by atoms with van der Waals surface area (Å²) in [6.07, 6.45) is 9.18. The van der Waals surface area contributed by atoms with Crippen molar-refractivity contribution in [2.45, 2.75) is 64.3 Å². The summed E-state index contributed by atoms with van der Waals surface area (Å²) in [5.41, 5.74) is 4.06. The van der Waals surface area contributed by atoms with Crippen LogP contribution in [0.15, 0.2) is 48.8 Å². The summed E-state index contributed by atoms with van der Waals surface area (Å²) >= 11 is 0. The van der Waals surface area contributed by atoms with E-state index in [0.717, 1.165) is 12.8 Å². The predicted octanol–water partition coefficient (Wildman–Crippen LogP) is 5.36. The van der Waals surface area contributed by atoms with Gasteiger partial charge in [0, 0.05) is 13.8 Å². The number of rotatable bonds is 4. The molecule has 0 unspecified atom stereocenters. The number of carbonyl (C=O) groups is 1. The van der Waals surface area contributed by atoms with Crippen molar-refractivity contribution in [3.63, 3.8) is 0 Å². The normalized spacial score (nSPS) is 21.2. The lowest BCUT2D eigenvalue weighted by atomic mass is 9.63. The Labute approximate surface area is 182 Å². The van der Waals surface area contributed by atoms with E-state index < -0.39 is 0 Å². The van der Waals surface area contributed by atoms with E-state index in [-0.39, 0.29) is 18.8 Å². The first kappa shape index (κ1) is 21.0. The number of aromatic nitrogens is 1. The van der Waals surface area contributed by atoms with Crippen molar-refractivity contribution in [1.29, 1.82) is 0 Å². The third kappa shape index (κ3) is 4.59. The summed E-state index contributed by atoms with van der Waals surface area (Å²) in [6, 6.07) is 12.5. The molecule has 1 N–H and O–H groups in total. The third-order valence-corrected chi connectivity index (χ3v) is 7.04. The highest BCUT2D eigenvalue weighted by atomic mass is 16.1. The summed E-state index contributed by atoms with van der Waals surface area (Å²) in [7, 11) is 0. The summed E-state index contributed by atoms with van der Waals surface area (Å²) in [5, 5.41) is 3.27. The van der Waals surface area contributed by atoms with Crippen LogP contribution in [0.25, 0.3) is 0 Å². The van der Waals surface area contributed by atoms with Gasteiger partial charge in [0.25, 0.3) is 5.91 Å². The molecule has 1 spiro atoms. The van der Waals surface area contributed by atoms with Crippen molar-refractivity contribution in [2.24, 2.45) is 5.41 Å². The smallest absolute Gasteiger partial charge is 0.253 e. The Morgan fingerprint density at radius 2 is 1.93 bits per heavy atom. The maximum Gasteiger partial charge on any atom is 0.253 e. The fourth-order valence-corrected chi connectivity index (χ4v) is 5.10. The Bertz CT molecular complexity index is 870. The Morgan fingerprint density at radius 3 is 2.63 bits per heavy atom. The molecule has 4 nitrogen and oxygen atoms in total. The highest BCUT2D eigenvalue weighted by molar-refractivity contribution is 5.94. The molecule has 1 aromatic heterocycles. The lowest BCUT2D eigenvalue weighted by molar-refractivity contribution is 0.0914. The first-order chi connectivity index (χ1) is 14.4. The molecule has 1 saturated heterocycles. The van der Waals surface area contributed by atoms with E-state index in [1.807, 2.05) is 12.1 Å². The Balaban J connectivity index is 0.00000272. The van der Waals surface area contributed by atoms with Crippen molar-refractivity contribution < 1.29 is 6.22 Å². The van der Waals surface area contributed by atoms with Gasteiger partial charge in [0.05, 0.1) is 11.6 Å². The topological polar surface area (TPSA) is 45.2 Å². The number of likely N-dealkylation sites (tertiary alicyclic amines) is 1. The third-order valence-electron chi connectivity index (χ3n) is 7.04. The van der Waals surface area contributed by atoms with Gasteiger partial charge >= 0.3 is 0 Å². The van der Waals surface area contributed by atoms with Gasteiger partial charge < -0.3 is 10.2 Å². The van der Waals surface area contributed by atoms with Crippen LogP contribution in [0.2, 0.25) is 0 Å². The molecule has 0 bridgehead atoms. The molecule has 2 heterocycles. The van der Waals surface area contributed by atoms with Crippen molar-refractivity contribution >= 4 is 5.91 Å². The number of pyridine rings is 1. The van der Waals surface area contributed by atoms with E-state index in [2.05, 4.69) is 60.2 Å². The quantitative estimate of drug-likeness (QED) is 0.742. The van der Waals surface area contributed by atoms with Crippen LogP contribution in [-0.4, -0.2) is 35.4 Å². The zero-order valence-electron chi connectivity index (χ0n) is 18.7. The van der Waals surface area contributed by atoms with E-state index in [0.29, 0.717) is 11.0 Å². The van der Waals surface area contributed by atoms with Crippen LogP contribution in [-0.2, 0) is 5.41 Å². The number of piperidine rings is 1. The fraction of sp³-hybridized carbons (Fsp3) is 0.538. The maximum atomic E-state index is 12.7. The number of benzene rings is 1. The molecule has 1 atom stereocenters. The first-order valence-electron chi connectivity index (χ1n) is 11.4. The molecule has 1 aliphatic heterocycles. The molecular formula is C26H37N3O. The summed E-state index contributed by atoms with van der Waals surface area (Å²) in [5.74, 6) is -0.0316. The SMILES string of the molecule is CC(C)(C)CCN1CCC2(CC[C@H](NC(=O)c3cccnc3)c3ccccc32)CC1.[HH]. The molecule has 1 aromatic carbocycles. The lowest BCUT2D eigenvalue weighted by Gasteiger charge is -2.47. The monoisotopic (exact) mass is 407 g/mol. The zero-order chi connectivity index (χ0) is 21.2. The Morgan fingerprint density at radius 1 is 1.17 bits per heavy atom. The number of nitrogens with one attached hydrogen (secondary N) is 1. The van der Waals surface area contributed by atoms with E-state index in [4.69, 9.17) is 0 Å². The van der Waals surface area contributed by atoms with Gasteiger partial charge in [-0.15, -0.1) is 0 Å². The van der Waals surface area contributed by atoms with E-state index in [9.17, 15) is 4.79 Å². The average Bonchev–Trinajstić information content (AvgIpc) is 2.76. The maximum absolute atomic E-state index is 12.7. The van der Waals surface area contributed by atoms with E-state index >= 15 is 0 Å². The molecule has 30 heavy (non-hydrogen) atoms. The number of hydrogen-bond acceptors (Lipinski definition) is 3. The molecule has 2 aliphatic rings. The van der Waals surface area contributed by atoms with E-state index in [1.165, 1.54) is 50.0 Å². The van der Waals surface area contributed by atoms with Crippen molar-refractivity contribution in [3.8, 4) is 0 Å². The van der Waals surface area contributed by atoms with Crippen LogP contribution in [0.1, 0.15) is 81.8 Å². The van der Waals surface area contributed by atoms with Gasteiger partial charge in [-0.3, -0.25) is 9.78 Å². The van der Waals surface area contributed by atoms with Crippen LogP contribution in [0.5, 0.6) is 0 Å². The van der Waals surface area contributed by atoms with Crippen molar-refractivity contribution in [2.75, 3.05) is 19.6 Å². The molecule has 2 aromatic rings. The van der Waals surface area contributed by atoms with Crippen LogP contribution < -0.4 is 5.32 Å². The molecule has 0 saturated carbocycles. The van der Waals surface area contributed by atoms with Crippen LogP contribution in [0, 0.1) is 5.41 Å². The van der Waals surface area contributed by atoms with Gasteiger partial charge in [-0.05, 0) is 85.8 Å².